The van der Waals surface area contributed by atoms with Gasteiger partial charge in [-0.2, -0.15) is 0 Å². The van der Waals surface area contributed by atoms with E-state index in [0.717, 1.165) is 0 Å². The van der Waals surface area contributed by atoms with Crippen LogP contribution < -0.4 is 5.32 Å². The van der Waals surface area contributed by atoms with Crippen LogP contribution in [-0.2, 0) is 0 Å². The predicted octanol–water partition coefficient (Wildman–Crippen LogP) is 0.880. The number of hydrogen-bond donors (Lipinski definition) is 2. The van der Waals surface area contributed by atoms with Crippen LogP contribution in [0, 0.1) is 0 Å². The quantitative estimate of drug-likeness (QED) is 0.688. The normalized spacial score (nSPS) is 18.4. The van der Waals surface area contributed by atoms with Crippen molar-refractivity contribution in [3.8, 4) is 0 Å². The zero-order chi connectivity index (χ0) is 9.80. The van der Waals surface area contributed by atoms with E-state index in [2.05, 4.69) is 10.3 Å². The zero-order valence-electron chi connectivity index (χ0n) is 7.85. The first-order chi connectivity index (χ1) is 6.84. The molecule has 0 radical (unpaired) electrons. The molecule has 0 aromatic carbocycles. The molecule has 1 aromatic heterocycles. The molecule has 4 nitrogen and oxygen atoms in total. The number of rotatable bonds is 6. The minimum Gasteiger partial charge on any atom is -0.440 e. The largest absolute Gasteiger partial charge is 0.440 e. The van der Waals surface area contributed by atoms with Crippen LogP contribution in [0.5, 0.6) is 0 Å². The second-order valence-electron chi connectivity index (χ2n) is 3.45. The van der Waals surface area contributed by atoms with Crippen molar-refractivity contribution in [1.29, 1.82) is 0 Å². The molecule has 78 valence electrons. The van der Waals surface area contributed by atoms with Crippen molar-refractivity contribution in [3.05, 3.63) is 12.5 Å². The predicted molar refractivity (Wildman–Crippen MR) is 54.3 cm³/mol. The van der Waals surface area contributed by atoms with E-state index in [9.17, 15) is 5.11 Å². The van der Waals surface area contributed by atoms with Gasteiger partial charge in [-0.3, -0.25) is 0 Å². The molecule has 1 saturated carbocycles. The number of oxazole rings is 1. The highest BCUT2D eigenvalue weighted by Gasteiger charge is 2.21. The van der Waals surface area contributed by atoms with Gasteiger partial charge >= 0.3 is 0 Å². The Morgan fingerprint density at radius 1 is 1.71 bits per heavy atom. The lowest BCUT2D eigenvalue weighted by atomic mass is 10.4. The van der Waals surface area contributed by atoms with E-state index in [1.165, 1.54) is 30.9 Å². The van der Waals surface area contributed by atoms with E-state index in [-0.39, 0.29) is 6.10 Å². The average molecular weight is 214 g/mol. The van der Waals surface area contributed by atoms with Gasteiger partial charge in [0, 0.05) is 18.3 Å². The molecule has 0 spiro atoms. The summed E-state index contributed by atoms with van der Waals surface area (Å²) in [7, 11) is 0. The third-order valence-electron chi connectivity index (χ3n) is 2.03. The molecule has 5 heteroatoms. The van der Waals surface area contributed by atoms with Gasteiger partial charge in [0.15, 0.2) is 0 Å². The smallest absolute Gasteiger partial charge is 0.255 e. The molecule has 2 N–H and O–H groups in total. The molecule has 1 unspecified atom stereocenters. The van der Waals surface area contributed by atoms with Gasteiger partial charge in [0.1, 0.15) is 6.26 Å². The molecule has 0 saturated heterocycles. The van der Waals surface area contributed by atoms with Gasteiger partial charge in [-0.15, -0.1) is 0 Å². The monoisotopic (exact) mass is 214 g/mol. The molecule has 1 atom stereocenters. The van der Waals surface area contributed by atoms with Crippen molar-refractivity contribution < 1.29 is 9.52 Å². The van der Waals surface area contributed by atoms with E-state index >= 15 is 0 Å². The van der Waals surface area contributed by atoms with Crippen LogP contribution in [0.2, 0.25) is 0 Å². The van der Waals surface area contributed by atoms with E-state index in [0.29, 0.717) is 23.6 Å². The summed E-state index contributed by atoms with van der Waals surface area (Å²) in [6.45, 7) is 0.665. The molecule has 0 bridgehead atoms. The standard InChI is InChI=1S/C9H14N2O2S/c12-8(5-11-7-1-2-7)6-14-9-10-3-4-13-9/h3-4,7-8,11-12H,1-2,5-6H2. The number of aliphatic hydroxyl groups is 1. The van der Waals surface area contributed by atoms with Crippen LogP contribution >= 0.6 is 11.8 Å². The number of nitrogens with one attached hydrogen (secondary N) is 1. The fourth-order valence-electron chi connectivity index (χ4n) is 1.10. The molecule has 1 aliphatic carbocycles. The van der Waals surface area contributed by atoms with E-state index < -0.39 is 0 Å². The van der Waals surface area contributed by atoms with Gasteiger partial charge in [0.25, 0.3) is 5.22 Å². The molecule has 1 fully saturated rings. The highest BCUT2D eigenvalue weighted by Crippen LogP contribution is 2.19. The summed E-state index contributed by atoms with van der Waals surface area (Å²) in [6.07, 6.45) is 5.32. The Kier molecular flexibility index (Phi) is 3.44. The van der Waals surface area contributed by atoms with E-state index in [1.807, 2.05) is 0 Å². The molecule has 1 heterocycles. The molecule has 0 amide bonds. The third kappa shape index (κ3) is 3.32. The van der Waals surface area contributed by atoms with Crippen molar-refractivity contribution in [2.24, 2.45) is 0 Å². The molecule has 0 aliphatic heterocycles. The van der Waals surface area contributed by atoms with Crippen LogP contribution in [0.4, 0.5) is 0 Å². The lowest BCUT2D eigenvalue weighted by molar-refractivity contribution is 0.195. The van der Waals surface area contributed by atoms with Crippen LogP contribution in [0.15, 0.2) is 22.1 Å². The number of aromatic nitrogens is 1. The van der Waals surface area contributed by atoms with Crippen molar-refractivity contribution in [2.45, 2.75) is 30.2 Å². The Morgan fingerprint density at radius 3 is 3.21 bits per heavy atom. The maximum absolute atomic E-state index is 9.57. The lowest BCUT2D eigenvalue weighted by Crippen LogP contribution is -2.29. The van der Waals surface area contributed by atoms with Crippen LogP contribution in [0.25, 0.3) is 0 Å². The molecule has 14 heavy (non-hydrogen) atoms. The first kappa shape index (κ1) is 10.0. The summed E-state index contributed by atoms with van der Waals surface area (Å²) in [4.78, 5) is 3.96. The van der Waals surface area contributed by atoms with Crippen molar-refractivity contribution in [3.63, 3.8) is 0 Å². The van der Waals surface area contributed by atoms with Crippen LogP contribution in [0.3, 0.4) is 0 Å². The van der Waals surface area contributed by atoms with Crippen LogP contribution in [-0.4, -0.2) is 34.5 Å². The van der Waals surface area contributed by atoms with Gasteiger partial charge < -0.3 is 14.8 Å². The Balaban J connectivity index is 1.59. The summed E-state index contributed by atoms with van der Waals surface area (Å²) in [5.41, 5.74) is 0. The summed E-state index contributed by atoms with van der Waals surface area (Å²) in [5, 5.41) is 13.5. The Labute approximate surface area is 87.1 Å². The molecule has 1 aliphatic rings. The fourth-order valence-corrected chi connectivity index (χ4v) is 1.81. The highest BCUT2D eigenvalue weighted by atomic mass is 32.2. The molecular formula is C9H14N2O2S. The summed E-state index contributed by atoms with van der Waals surface area (Å²) in [6, 6.07) is 0.649. The van der Waals surface area contributed by atoms with Crippen LogP contribution in [0.1, 0.15) is 12.8 Å². The van der Waals surface area contributed by atoms with Gasteiger partial charge in [-0.1, -0.05) is 11.8 Å². The summed E-state index contributed by atoms with van der Waals surface area (Å²) >= 11 is 1.44. The minimum absolute atomic E-state index is 0.326. The maximum Gasteiger partial charge on any atom is 0.255 e. The first-order valence-corrected chi connectivity index (χ1v) is 5.77. The maximum atomic E-state index is 9.57. The number of thioether (sulfide) groups is 1. The SMILES string of the molecule is OC(CNC1CC1)CSc1ncco1. The third-order valence-corrected chi connectivity index (χ3v) is 3.03. The summed E-state index contributed by atoms with van der Waals surface area (Å²) in [5.74, 6) is 0.625. The van der Waals surface area contributed by atoms with E-state index in [4.69, 9.17) is 4.42 Å². The van der Waals surface area contributed by atoms with Gasteiger partial charge in [-0.25, -0.2) is 4.98 Å². The minimum atomic E-state index is -0.326. The van der Waals surface area contributed by atoms with Gasteiger partial charge in [0.05, 0.1) is 12.3 Å². The highest BCUT2D eigenvalue weighted by molar-refractivity contribution is 7.99. The molecule has 1 aromatic rings. The van der Waals surface area contributed by atoms with Crippen molar-refractivity contribution in [1.82, 2.24) is 10.3 Å². The summed E-state index contributed by atoms with van der Waals surface area (Å²) < 4.78 is 5.04. The van der Waals surface area contributed by atoms with Gasteiger partial charge in [-0.05, 0) is 12.8 Å². The Hall–Kier alpha value is -0.520. The second-order valence-corrected chi connectivity index (χ2v) is 4.42. The number of nitrogens with zero attached hydrogens (tertiary/aromatic N) is 1. The number of aliphatic hydroxyl groups excluding tert-OH is 1. The molecule has 2 rings (SSSR count). The molecular weight excluding hydrogens is 200 g/mol. The van der Waals surface area contributed by atoms with Crippen molar-refractivity contribution >= 4 is 11.8 Å². The second kappa shape index (κ2) is 4.82. The lowest BCUT2D eigenvalue weighted by Gasteiger charge is -2.09. The topological polar surface area (TPSA) is 58.3 Å². The Bertz CT molecular complexity index is 262. The van der Waals surface area contributed by atoms with E-state index in [1.54, 1.807) is 6.20 Å². The number of hydrogen-bond acceptors (Lipinski definition) is 5. The Morgan fingerprint density at radius 2 is 2.57 bits per heavy atom. The van der Waals surface area contributed by atoms with Gasteiger partial charge in [0.2, 0.25) is 0 Å². The average Bonchev–Trinajstić information content (AvgIpc) is 2.87. The zero-order valence-corrected chi connectivity index (χ0v) is 8.67. The fraction of sp³-hybridized carbons (Fsp3) is 0.667. The van der Waals surface area contributed by atoms with Crippen molar-refractivity contribution in [2.75, 3.05) is 12.3 Å². The first-order valence-electron chi connectivity index (χ1n) is 4.78.